The molecule has 148 valence electrons. The number of aromatic nitrogens is 1. The number of carbonyl (C=O) groups is 1. The number of ether oxygens (including phenoxy) is 1. The zero-order valence-corrected chi connectivity index (χ0v) is 17.3. The summed E-state index contributed by atoms with van der Waals surface area (Å²) in [5.74, 6) is 2.77. The molecule has 3 heterocycles. The predicted octanol–water partition coefficient (Wildman–Crippen LogP) is 3.20. The molecule has 1 aromatic carbocycles. The van der Waals surface area contributed by atoms with Crippen LogP contribution in [0.1, 0.15) is 22.0 Å². The van der Waals surface area contributed by atoms with E-state index in [9.17, 15) is 4.79 Å². The van der Waals surface area contributed by atoms with Gasteiger partial charge in [-0.1, -0.05) is 30.3 Å². The van der Waals surface area contributed by atoms with Gasteiger partial charge in [-0.2, -0.15) is 11.8 Å². The summed E-state index contributed by atoms with van der Waals surface area (Å²) in [5, 5.41) is 0. The summed E-state index contributed by atoms with van der Waals surface area (Å²) in [5.41, 5.74) is 1.86. The first-order valence-corrected chi connectivity index (χ1v) is 11.2. The lowest BCUT2D eigenvalue weighted by Gasteiger charge is -2.30. The number of carbonyl (C=O) groups excluding carboxylic acids is 1. The lowest BCUT2D eigenvalue weighted by Crippen LogP contribution is -2.36. The smallest absolute Gasteiger partial charge is 0.255 e. The van der Waals surface area contributed by atoms with Gasteiger partial charge in [-0.05, 0) is 23.8 Å². The maximum absolute atomic E-state index is 13.3. The molecule has 2 aromatic rings. The number of benzene rings is 1. The maximum atomic E-state index is 13.3. The molecule has 3 atom stereocenters. The van der Waals surface area contributed by atoms with Crippen LogP contribution >= 0.6 is 11.8 Å². The molecule has 2 fully saturated rings. The molecular formula is C22H27N3O2S. The lowest BCUT2D eigenvalue weighted by atomic mass is 9.89. The second-order valence-corrected chi connectivity index (χ2v) is 8.56. The number of thioether (sulfide) groups is 1. The average Bonchev–Trinajstić information content (AvgIpc) is 3.29. The van der Waals surface area contributed by atoms with Gasteiger partial charge in [-0.15, -0.1) is 0 Å². The molecule has 0 unspecified atom stereocenters. The highest BCUT2D eigenvalue weighted by Gasteiger charge is 2.48. The van der Waals surface area contributed by atoms with E-state index < -0.39 is 0 Å². The van der Waals surface area contributed by atoms with E-state index in [2.05, 4.69) is 45.3 Å². The quantitative estimate of drug-likeness (QED) is 0.749. The van der Waals surface area contributed by atoms with Crippen molar-refractivity contribution in [2.24, 2.45) is 11.8 Å². The Morgan fingerprint density at radius 1 is 1.18 bits per heavy atom. The van der Waals surface area contributed by atoms with Crippen molar-refractivity contribution in [2.45, 2.75) is 6.04 Å². The minimum atomic E-state index is 0.0640. The average molecular weight is 398 g/mol. The first kappa shape index (κ1) is 19.3. The van der Waals surface area contributed by atoms with Crippen LogP contribution in [0.25, 0.3) is 0 Å². The van der Waals surface area contributed by atoms with Crippen LogP contribution < -0.4 is 4.74 Å². The van der Waals surface area contributed by atoms with Crippen molar-refractivity contribution in [3.63, 3.8) is 0 Å². The number of hydrogen-bond acceptors (Lipinski definition) is 5. The van der Waals surface area contributed by atoms with E-state index in [1.165, 1.54) is 5.56 Å². The Balaban J connectivity index is 1.59. The van der Waals surface area contributed by atoms with E-state index in [0.717, 1.165) is 31.9 Å². The summed E-state index contributed by atoms with van der Waals surface area (Å²) in [4.78, 5) is 22.2. The SMILES string of the molecule is COc1ccc(C(=O)N2C[C@@H]3CN(CCSC)C[C@@H]3[C@H]2c2ccccc2)cn1. The highest BCUT2D eigenvalue weighted by molar-refractivity contribution is 7.98. The van der Waals surface area contributed by atoms with Gasteiger partial charge in [-0.25, -0.2) is 4.98 Å². The molecule has 0 radical (unpaired) electrons. The van der Waals surface area contributed by atoms with E-state index in [4.69, 9.17) is 4.74 Å². The topological polar surface area (TPSA) is 45.7 Å². The maximum Gasteiger partial charge on any atom is 0.255 e. The lowest BCUT2D eigenvalue weighted by molar-refractivity contribution is 0.0701. The van der Waals surface area contributed by atoms with Crippen molar-refractivity contribution >= 4 is 17.7 Å². The van der Waals surface area contributed by atoms with Gasteiger partial charge in [0, 0.05) is 50.1 Å². The monoisotopic (exact) mass is 397 g/mol. The first-order valence-electron chi connectivity index (χ1n) is 9.78. The Morgan fingerprint density at radius 3 is 2.68 bits per heavy atom. The van der Waals surface area contributed by atoms with Crippen LogP contribution in [0.15, 0.2) is 48.7 Å². The molecule has 6 heteroatoms. The summed E-state index contributed by atoms with van der Waals surface area (Å²) in [6, 6.07) is 14.2. The number of hydrogen-bond donors (Lipinski definition) is 0. The minimum absolute atomic E-state index is 0.0640. The van der Waals surface area contributed by atoms with Gasteiger partial charge in [-0.3, -0.25) is 4.79 Å². The molecule has 1 aromatic heterocycles. The summed E-state index contributed by atoms with van der Waals surface area (Å²) in [7, 11) is 1.58. The van der Waals surface area contributed by atoms with Gasteiger partial charge >= 0.3 is 0 Å². The van der Waals surface area contributed by atoms with Gasteiger partial charge in [0.15, 0.2) is 0 Å². The highest BCUT2D eigenvalue weighted by atomic mass is 32.2. The number of fused-ring (bicyclic) bond motifs is 1. The van der Waals surface area contributed by atoms with Crippen molar-refractivity contribution in [2.75, 3.05) is 45.3 Å². The molecule has 28 heavy (non-hydrogen) atoms. The molecule has 2 aliphatic rings. The Hall–Kier alpha value is -2.05. The zero-order chi connectivity index (χ0) is 19.5. The summed E-state index contributed by atoms with van der Waals surface area (Å²) >= 11 is 1.90. The van der Waals surface area contributed by atoms with E-state index in [0.29, 0.717) is 23.3 Å². The number of likely N-dealkylation sites (tertiary alicyclic amines) is 2. The van der Waals surface area contributed by atoms with Crippen molar-refractivity contribution in [1.82, 2.24) is 14.8 Å². The molecule has 0 spiro atoms. The van der Waals surface area contributed by atoms with E-state index in [1.54, 1.807) is 19.4 Å². The van der Waals surface area contributed by atoms with Crippen LogP contribution in [-0.2, 0) is 0 Å². The van der Waals surface area contributed by atoms with Gasteiger partial charge < -0.3 is 14.5 Å². The fraction of sp³-hybridized carbons (Fsp3) is 0.455. The Kier molecular flexibility index (Phi) is 5.87. The second kappa shape index (κ2) is 8.53. The molecule has 2 saturated heterocycles. The third-order valence-corrected chi connectivity index (χ3v) is 6.54. The van der Waals surface area contributed by atoms with Crippen LogP contribution in [-0.4, -0.2) is 66.0 Å². The molecule has 0 aliphatic carbocycles. The Bertz CT molecular complexity index is 799. The van der Waals surface area contributed by atoms with Crippen molar-refractivity contribution < 1.29 is 9.53 Å². The highest BCUT2D eigenvalue weighted by Crippen LogP contribution is 2.45. The fourth-order valence-corrected chi connectivity index (χ4v) is 5.06. The van der Waals surface area contributed by atoms with Crippen molar-refractivity contribution in [3.05, 3.63) is 59.8 Å². The number of amides is 1. The number of pyridine rings is 1. The van der Waals surface area contributed by atoms with Crippen molar-refractivity contribution in [3.8, 4) is 5.88 Å². The normalized spacial score (nSPS) is 24.4. The van der Waals surface area contributed by atoms with Gasteiger partial charge in [0.2, 0.25) is 5.88 Å². The van der Waals surface area contributed by atoms with Gasteiger partial charge in [0.05, 0.1) is 18.7 Å². The van der Waals surface area contributed by atoms with Crippen LogP contribution in [0.3, 0.4) is 0 Å². The van der Waals surface area contributed by atoms with Gasteiger partial charge in [0.25, 0.3) is 5.91 Å². The zero-order valence-electron chi connectivity index (χ0n) is 16.5. The van der Waals surface area contributed by atoms with E-state index >= 15 is 0 Å². The predicted molar refractivity (Wildman–Crippen MR) is 113 cm³/mol. The summed E-state index contributed by atoms with van der Waals surface area (Å²) in [6.45, 7) is 4.09. The van der Waals surface area contributed by atoms with Crippen LogP contribution in [0.2, 0.25) is 0 Å². The largest absolute Gasteiger partial charge is 0.481 e. The number of nitrogens with zero attached hydrogens (tertiary/aromatic N) is 3. The summed E-state index contributed by atoms with van der Waals surface area (Å²) < 4.78 is 5.13. The van der Waals surface area contributed by atoms with Crippen LogP contribution in [0, 0.1) is 11.8 Å². The third kappa shape index (κ3) is 3.76. The standard InChI is InChI=1S/C22H27N3O2S/c1-27-20-9-8-17(12-23-20)22(26)25-14-18-13-24(10-11-28-2)15-19(18)21(25)16-6-4-3-5-7-16/h3-9,12,18-19,21H,10-11,13-15H2,1-2H3/t18-,19-,21+/m0/s1. The van der Waals surface area contributed by atoms with Crippen molar-refractivity contribution in [1.29, 1.82) is 0 Å². The summed E-state index contributed by atoms with van der Waals surface area (Å²) in [6.07, 6.45) is 3.79. The molecule has 0 bridgehead atoms. The Labute approximate surface area is 171 Å². The minimum Gasteiger partial charge on any atom is -0.481 e. The van der Waals surface area contributed by atoms with Crippen LogP contribution in [0.4, 0.5) is 0 Å². The molecule has 0 saturated carbocycles. The molecule has 2 aliphatic heterocycles. The molecule has 1 amide bonds. The third-order valence-electron chi connectivity index (χ3n) is 5.95. The molecular weight excluding hydrogens is 370 g/mol. The molecule has 5 nitrogen and oxygen atoms in total. The number of methoxy groups -OCH3 is 1. The fourth-order valence-electron chi connectivity index (χ4n) is 4.62. The van der Waals surface area contributed by atoms with Gasteiger partial charge in [0.1, 0.15) is 0 Å². The van der Waals surface area contributed by atoms with E-state index in [-0.39, 0.29) is 11.9 Å². The van der Waals surface area contributed by atoms with Crippen LogP contribution in [0.5, 0.6) is 5.88 Å². The second-order valence-electron chi connectivity index (χ2n) is 7.58. The first-order chi connectivity index (χ1) is 13.7. The van der Waals surface area contributed by atoms with E-state index in [1.807, 2.05) is 23.9 Å². The molecule has 0 N–H and O–H groups in total. The Morgan fingerprint density at radius 2 is 2.00 bits per heavy atom. The molecule has 4 rings (SSSR count). The number of rotatable bonds is 6.